The Morgan fingerprint density at radius 1 is 1.53 bits per heavy atom. The molecule has 0 radical (unpaired) electrons. The van der Waals surface area contributed by atoms with Crippen LogP contribution in [-0.4, -0.2) is 44.9 Å². The van der Waals surface area contributed by atoms with Gasteiger partial charge in [0.1, 0.15) is 0 Å². The number of carbonyl (C=O) groups excluding carboxylic acids is 1. The Labute approximate surface area is 114 Å². The number of aryl methyl sites for hydroxylation is 1. The lowest BCUT2D eigenvalue weighted by Gasteiger charge is -2.23. The lowest BCUT2D eigenvalue weighted by Crippen LogP contribution is -2.38. The van der Waals surface area contributed by atoms with Gasteiger partial charge in [-0.05, 0) is 46.6 Å². The Balaban J connectivity index is 2.25. The van der Waals surface area contributed by atoms with E-state index in [1.54, 1.807) is 4.90 Å². The molecule has 5 heteroatoms. The van der Waals surface area contributed by atoms with Crippen LogP contribution in [0.1, 0.15) is 49.8 Å². The van der Waals surface area contributed by atoms with Gasteiger partial charge in [-0.2, -0.15) is 5.10 Å². The molecule has 2 heterocycles. The molecule has 0 spiro atoms. The molecule has 1 amide bonds. The van der Waals surface area contributed by atoms with Crippen LogP contribution >= 0.6 is 0 Å². The molecule has 1 atom stereocenters. The number of likely N-dealkylation sites (tertiary alicyclic amines) is 1. The molecule has 1 fully saturated rings. The number of amides is 1. The second-order valence-electron chi connectivity index (χ2n) is 6.23. The van der Waals surface area contributed by atoms with Crippen molar-refractivity contribution in [2.75, 3.05) is 13.2 Å². The maximum Gasteiger partial charge on any atom is 0.274 e. The number of aliphatic hydroxyl groups is 1. The Morgan fingerprint density at radius 2 is 2.21 bits per heavy atom. The highest BCUT2D eigenvalue weighted by Crippen LogP contribution is 2.21. The van der Waals surface area contributed by atoms with E-state index in [9.17, 15) is 9.90 Å². The van der Waals surface area contributed by atoms with Crippen molar-refractivity contribution in [1.82, 2.24) is 14.7 Å². The van der Waals surface area contributed by atoms with Crippen molar-refractivity contribution in [2.24, 2.45) is 0 Å². The first-order valence-corrected chi connectivity index (χ1v) is 6.83. The highest BCUT2D eigenvalue weighted by atomic mass is 16.3. The van der Waals surface area contributed by atoms with E-state index in [-0.39, 0.29) is 24.1 Å². The molecule has 2 rings (SSSR count). The van der Waals surface area contributed by atoms with Gasteiger partial charge in [-0.3, -0.25) is 9.48 Å². The van der Waals surface area contributed by atoms with Gasteiger partial charge >= 0.3 is 0 Å². The van der Waals surface area contributed by atoms with E-state index in [4.69, 9.17) is 0 Å². The molecule has 0 bridgehead atoms. The van der Waals surface area contributed by atoms with Gasteiger partial charge in [-0.1, -0.05) is 0 Å². The quantitative estimate of drug-likeness (QED) is 0.882. The normalized spacial score (nSPS) is 20.1. The van der Waals surface area contributed by atoms with Gasteiger partial charge in [0.15, 0.2) is 5.69 Å². The molecule has 0 aromatic carbocycles. The Bertz CT molecular complexity index is 474. The highest BCUT2D eigenvalue weighted by molar-refractivity contribution is 5.92. The fourth-order valence-electron chi connectivity index (χ4n) is 2.70. The SMILES string of the molecule is Cc1cc(C(=O)N2CCC[C@@H]2CO)nn1C(C)(C)C. The molecule has 19 heavy (non-hydrogen) atoms. The summed E-state index contributed by atoms with van der Waals surface area (Å²) < 4.78 is 1.88. The number of aliphatic hydroxyl groups excluding tert-OH is 1. The van der Waals surface area contributed by atoms with Gasteiger partial charge in [0.2, 0.25) is 0 Å². The molecular weight excluding hydrogens is 242 g/mol. The average molecular weight is 265 g/mol. The largest absolute Gasteiger partial charge is 0.394 e. The van der Waals surface area contributed by atoms with E-state index < -0.39 is 0 Å². The molecule has 0 saturated carbocycles. The minimum absolute atomic E-state index is 0.0324. The zero-order chi connectivity index (χ0) is 14.2. The first kappa shape index (κ1) is 14.1. The summed E-state index contributed by atoms with van der Waals surface area (Å²) in [5.74, 6) is -0.0670. The van der Waals surface area contributed by atoms with Gasteiger partial charge in [-0.15, -0.1) is 0 Å². The van der Waals surface area contributed by atoms with Crippen molar-refractivity contribution in [2.45, 2.75) is 52.1 Å². The number of hydrogen-bond acceptors (Lipinski definition) is 3. The summed E-state index contributed by atoms with van der Waals surface area (Å²) in [6.07, 6.45) is 1.83. The zero-order valence-corrected chi connectivity index (χ0v) is 12.2. The van der Waals surface area contributed by atoms with E-state index in [0.717, 1.165) is 18.5 Å². The number of rotatable bonds is 2. The average Bonchev–Trinajstić information content (AvgIpc) is 2.92. The third kappa shape index (κ3) is 2.66. The molecule has 0 unspecified atom stereocenters. The second kappa shape index (κ2) is 4.96. The van der Waals surface area contributed by atoms with E-state index in [1.807, 2.05) is 17.7 Å². The second-order valence-corrected chi connectivity index (χ2v) is 6.23. The van der Waals surface area contributed by atoms with Crippen LogP contribution in [0.4, 0.5) is 0 Å². The molecule has 1 N–H and O–H groups in total. The molecule has 106 valence electrons. The van der Waals surface area contributed by atoms with Crippen LogP contribution in [0.25, 0.3) is 0 Å². The van der Waals surface area contributed by atoms with Crippen LogP contribution in [0, 0.1) is 6.92 Å². The van der Waals surface area contributed by atoms with E-state index in [2.05, 4.69) is 25.9 Å². The third-order valence-electron chi connectivity index (χ3n) is 3.59. The molecular formula is C14H23N3O2. The predicted octanol–water partition coefficient (Wildman–Crippen LogP) is 1.54. The predicted molar refractivity (Wildman–Crippen MR) is 73.1 cm³/mol. The van der Waals surface area contributed by atoms with Crippen molar-refractivity contribution < 1.29 is 9.90 Å². The van der Waals surface area contributed by atoms with Crippen LogP contribution in [0.5, 0.6) is 0 Å². The number of aromatic nitrogens is 2. The van der Waals surface area contributed by atoms with E-state index >= 15 is 0 Å². The molecule has 1 aliphatic rings. The van der Waals surface area contributed by atoms with Gasteiger partial charge in [0, 0.05) is 12.2 Å². The molecule has 1 aromatic rings. The molecule has 1 aromatic heterocycles. The molecule has 1 aliphatic heterocycles. The number of carbonyl (C=O) groups is 1. The summed E-state index contributed by atoms with van der Waals surface area (Å²) >= 11 is 0. The third-order valence-corrected chi connectivity index (χ3v) is 3.59. The number of nitrogens with zero attached hydrogens (tertiary/aromatic N) is 3. The summed E-state index contributed by atoms with van der Waals surface area (Å²) in [6.45, 7) is 8.90. The lowest BCUT2D eigenvalue weighted by molar-refractivity contribution is 0.0670. The smallest absolute Gasteiger partial charge is 0.274 e. The molecule has 0 aliphatic carbocycles. The Hall–Kier alpha value is -1.36. The Kier molecular flexibility index (Phi) is 3.67. The van der Waals surface area contributed by atoms with E-state index in [1.165, 1.54) is 0 Å². The van der Waals surface area contributed by atoms with Gasteiger partial charge in [-0.25, -0.2) is 0 Å². The van der Waals surface area contributed by atoms with E-state index in [0.29, 0.717) is 12.2 Å². The maximum atomic E-state index is 12.4. The Morgan fingerprint density at radius 3 is 2.74 bits per heavy atom. The van der Waals surface area contributed by atoms with Gasteiger partial charge in [0.05, 0.1) is 18.2 Å². The molecule has 5 nitrogen and oxygen atoms in total. The van der Waals surface area contributed by atoms with Crippen LogP contribution in [-0.2, 0) is 5.54 Å². The van der Waals surface area contributed by atoms with Crippen molar-refractivity contribution in [3.05, 3.63) is 17.5 Å². The first-order valence-electron chi connectivity index (χ1n) is 6.83. The zero-order valence-electron chi connectivity index (χ0n) is 12.2. The fraction of sp³-hybridized carbons (Fsp3) is 0.714. The highest BCUT2D eigenvalue weighted by Gasteiger charge is 2.31. The number of hydrogen-bond donors (Lipinski definition) is 1. The maximum absolute atomic E-state index is 12.4. The topological polar surface area (TPSA) is 58.4 Å². The van der Waals surface area contributed by atoms with Crippen LogP contribution in [0.15, 0.2) is 6.07 Å². The summed E-state index contributed by atoms with van der Waals surface area (Å²) in [6, 6.07) is 1.79. The fourth-order valence-corrected chi connectivity index (χ4v) is 2.70. The van der Waals surface area contributed by atoms with Crippen LogP contribution < -0.4 is 0 Å². The van der Waals surface area contributed by atoms with Gasteiger partial charge in [0.25, 0.3) is 5.91 Å². The minimum atomic E-state index is -0.135. The van der Waals surface area contributed by atoms with Crippen molar-refractivity contribution in [1.29, 1.82) is 0 Å². The molecule has 1 saturated heterocycles. The summed E-state index contributed by atoms with van der Waals surface area (Å²) in [4.78, 5) is 14.2. The van der Waals surface area contributed by atoms with Crippen molar-refractivity contribution >= 4 is 5.91 Å². The first-order chi connectivity index (χ1) is 8.84. The van der Waals surface area contributed by atoms with Gasteiger partial charge < -0.3 is 10.0 Å². The summed E-state index contributed by atoms with van der Waals surface area (Å²) in [5, 5.41) is 13.7. The summed E-state index contributed by atoms with van der Waals surface area (Å²) in [5.41, 5.74) is 1.33. The van der Waals surface area contributed by atoms with Crippen LogP contribution in [0.2, 0.25) is 0 Å². The monoisotopic (exact) mass is 265 g/mol. The minimum Gasteiger partial charge on any atom is -0.394 e. The summed E-state index contributed by atoms with van der Waals surface area (Å²) in [7, 11) is 0. The van der Waals surface area contributed by atoms with Crippen molar-refractivity contribution in [3.8, 4) is 0 Å². The standard InChI is InChI=1S/C14H23N3O2/c1-10-8-12(15-17(10)14(2,3)4)13(19)16-7-5-6-11(16)9-18/h8,11,18H,5-7,9H2,1-4H3/t11-/m1/s1. The van der Waals surface area contributed by atoms with Crippen LogP contribution in [0.3, 0.4) is 0 Å². The lowest BCUT2D eigenvalue weighted by atomic mass is 10.1. The van der Waals surface area contributed by atoms with Crippen molar-refractivity contribution in [3.63, 3.8) is 0 Å².